The number of carbonyl (C=O) groups excluding carboxylic acids is 1. The van der Waals surface area contributed by atoms with Crippen molar-refractivity contribution in [3.05, 3.63) is 41.5 Å². The molecule has 1 heterocycles. The second-order valence-electron chi connectivity index (χ2n) is 5.05. The third kappa shape index (κ3) is 6.31. The molecule has 0 spiro atoms. The Kier molecular flexibility index (Phi) is 7.73. The monoisotopic (exact) mass is 350 g/mol. The van der Waals surface area contributed by atoms with E-state index in [-0.39, 0.29) is 5.91 Å². The number of aryl methyl sites for hydroxylation is 1. The van der Waals surface area contributed by atoms with Crippen LogP contribution < -0.4 is 10.6 Å². The molecule has 0 aliphatic carbocycles. The molecule has 0 fully saturated rings. The van der Waals surface area contributed by atoms with Crippen LogP contribution in [0.2, 0.25) is 0 Å². The van der Waals surface area contributed by atoms with E-state index in [1.54, 1.807) is 25.8 Å². The van der Waals surface area contributed by atoms with Crippen LogP contribution in [0.3, 0.4) is 0 Å². The quantitative estimate of drug-likeness (QED) is 0.497. The van der Waals surface area contributed by atoms with Crippen LogP contribution in [-0.4, -0.2) is 49.4 Å². The lowest BCUT2D eigenvalue weighted by Gasteiger charge is -2.07. The smallest absolute Gasteiger partial charge is 0.251 e. The molecule has 0 aliphatic rings. The lowest BCUT2D eigenvalue weighted by atomic mass is 10.2. The normalized spacial score (nSPS) is 10.8. The van der Waals surface area contributed by atoms with Gasteiger partial charge in [0.1, 0.15) is 0 Å². The highest BCUT2D eigenvalue weighted by molar-refractivity contribution is 7.98. The number of rotatable bonds is 10. The molecule has 1 amide bonds. The number of aromatic nitrogens is 2. The van der Waals surface area contributed by atoms with Gasteiger partial charge in [-0.3, -0.25) is 4.79 Å². The minimum Gasteiger partial charge on any atom is -0.383 e. The second kappa shape index (κ2) is 10.1. The first-order valence-electron chi connectivity index (χ1n) is 7.69. The first-order chi connectivity index (χ1) is 11.7. The molecule has 0 saturated heterocycles. The number of thioether (sulfide) groups is 1. The van der Waals surface area contributed by atoms with Gasteiger partial charge in [0.2, 0.25) is 5.89 Å². The molecule has 8 heteroatoms. The summed E-state index contributed by atoms with van der Waals surface area (Å²) >= 11 is 1.59. The number of amides is 1. The maximum absolute atomic E-state index is 12.0. The highest BCUT2D eigenvalue weighted by Gasteiger charge is 2.06. The number of ether oxygens (including phenoxy) is 1. The van der Waals surface area contributed by atoms with Crippen LogP contribution >= 0.6 is 11.8 Å². The predicted octanol–water partition coefficient (Wildman–Crippen LogP) is 1.64. The van der Waals surface area contributed by atoms with Gasteiger partial charge in [0, 0.05) is 37.2 Å². The van der Waals surface area contributed by atoms with E-state index < -0.39 is 0 Å². The van der Waals surface area contributed by atoms with Gasteiger partial charge in [-0.05, 0) is 31.2 Å². The second-order valence-corrected chi connectivity index (χ2v) is 6.10. The van der Waals surface area contributed by atoms with Crippen molar-refractivity contribution >= 4 is 17.7 Å². The molecule has 2 N–H and O–H groups in total. The van der Waals surface area contributed by atoms with Crippen molar-refractivity contribution in [3.63, 3.8) is 0 Å². The Morgan fingerprint density at radius 3 is 2.71 bits per heavy atom. The third-order valence-electron chi connectivity index (χ3n) is 3.12. The van der Waals surface area contributed by atoms with Gasteiger partial charge in [-0.25, -0.2) is 0 Å². The summed E-state index contributed by atoms with van der Waals surface area (Å²) in [6.45, 7) is 4.52. The van der Waals surface area contributed by atoms with E-state index in [0.717, 1.165) is 11.4 Å². The van der Waals surface area contributed by atoms with Crippen molar-refractivity contribution in [3.8, 4) is 0 Å². The highest BCUT2D eigenvalue weighted by Crippen LogP contribution is 2.22. The van der Waals surface area contributed by atoms with Crippen molar-refractivity contribution in [2.24, 2.45) is 0 Å². The molecule has 130 valence electrons. The Morgan fingerprint density at radius 1 is 1.25 bits per heavy atom. The number of hydrogen-bond acceptors (Lipinski definition) is 7. The van der Waals surface area contributed by atoms with Gasteiger partial charge in [0.15, 0.2) is 5.82 Å². The standard InChI is InChI=1S/C16H22N4O3S/c1-12-19-15(23-20-12)11-24-14-5-3-13(4-6-14)16(21)18-8-7-17-9-10-22-2/h3-6,17H,7-11H2,1-2H3,(H,18,21). The van der Waals surface area contributed by atoms with Crippen LogP contribution in [0.1, 0.15) is 22.1 Å². The van der Waals surface area contributed by atoms with E-state index in [2.05, 4.69) is 20.8 Å². The zero-order chi connectivity index (χ0) is 17.2. The van der Waals surface area contributed by atoms with E-state index in [1.807, 2.05) is 24.3 Å². The Balaban J connectivity index is 1.71. The SMILES string of the molecule is COCCNCCNC(=O)c1ccc(SCc2nc(C)no2)cc1. The summed E-state index contributed by atoms with van der Waals surface area (Å²) in [7, 11) is 1.66. The molecule has 0 atom stereocenters. The average Bonchev–Trinajstić information content (AvgIpc) is 3.02. The zero-order valence-electron chi connectivity index (χ0n) is 13.9. The molecule has 0 saturated carbocycles. The Hall–Kier alpha value is -1.90. The van der Waals surface area contributed by atoms with E-state index in [4.69, 9.17) is 9.26 Å². The fourth-order valence-electron chi connectivity index (χ4n) is 1.91. The van der Waals surface area contributed by atoms with Crippen LogP contribution in [0.15, 0.2) is 33.7 Å². The van der Waals surface area contributed by atoms with Gasteiger partial charge in [-0.15, -0.1) is 11.8 Å². The van der Waals surface area contributed by atoms with Crippen molar-refractivity contribution in [2.45, 2.75) is 17.6 Å². The van der Waals surface area contributed by atoms with E-state index in [0.29, 0.717) is 42.7 Å². The molecular weight excluding hydrogens is 328 g/mol. The molecule has 0 bridgehead atoms. The average molecular weight is 350 g/mol. The first-order valence-corrected chi connectivity index (χ1v) is 8.67. The van der Waals surface area contributed by atoms with E-state index in [9.17, 15) is 4.79 Å². The van der Waals surface area contributed by atoms with Gasteiger partial charge < -0.3 is 19.9 Å². The van der Waals surface area contributed by atoms with Gasteiger partial charge in [0.05, 0.1) is 12.4 Å². The van der Waals surface area contributed by atoms with Crippen LogP contribution in [0.4, 0.5) is 0 Å². The van der Waals surface area contributed by atoms with Gasteiger partial charge in [0.25, 0.3) is 5.91 Å². The van der Waals surface area contributed by atoms with Crippen LogP contribution in [-0.2, 0) is 10.5 Å². The summed E-state index contributed by atoms with van der Waals surface area (Å²) in [6.07, 6.45) is 0. The predicted molar refractivity (Wildman–Crippen MR) is 92.1 cm³/mol. The zero-order valence-corrected chi connectivity index (χ0v) is 14.7. The largest absolute Gasteiger partial charge is 0.383 e. The van der Waals surface area contributed by atoms with Crippen molar-refractivity contribution in [1.82, 2.24) is 20.8 Å². The van der Waals surface area contributed by atoms with Gasteiger partial charge in [-0.2, -0.15) is 4.98 Å². The molecule has 0 aliphatic heterocycles. The summed E-state index contributed by atoms with van der Waals surface area (Å²) in [6, 6.07) is 7.46. The van der Waals surface area contributed by atoms with E-state index >= 15 is 0 Å². The number of carbonyl (C=O) groups is 1. The fourth-order valence-corrected chi connectivity index (χ4v) is 2.65. The summed E-state index contributed by atoms with van der Waals surface area (Å²) in [5.41, 5.74) is 0.643. The van der Waals surface area contributed by atoms with Crippen molar-refractivity contribution in [1.29, 1.82) is 0 Å². The maximum atomic E-state index is 12.0. The molecule has 1 aromatic heterocycles. The maximum Gasteiger partial charge on any atom is 0.251 e. The number of hydrogen-bond donors (Lipinski definition) is 2. The molecule has 7 nitrogen and oxygen atoms in total. The number of methoxy groups -OCH3 is 1. The Morgan fingerprint density at radius 2 is 2.04 bits per heavy atom. The molecule has 2 rings (SSSR count). The first kappa shape index (κ1) is 18.4. The summed E-state index contributed by atoms with van der Waals surface area (Å²) < 4.78 is 10.0. The number of nitrogens with one attached hydrogen (secondary N) is 2. The minimum atomic E-state index is -0.0763. The minimum absolute atomic E-state index is 0.0763. The highest BCUT2D eigenvalue weighted by atomic mass is 32.2. The van der Waals surface area contributed by atoms with Gasteiger partial charge >= 0.3 is 0 Å². The number of benzene rings is 1. The fraction of sp³-hybridized carbons (Fsp3) is 0.438. The van der Waals surface area contributed by atoms with Crippen LogP contribution in [0, 0.1) is 6.92 Å². The van der Waals surface area contributed by atoms with Crippen molar-refractivity contribution in [2.75, 3.05) is 33.4 Å². The Labute approximate surface area is 145 Å². The van der Waals surface area contributed by atoms with Crippen LogP contribution in [0.25, 0.3) is 0 Å². The van der Waals surface area contributed by atoms with E-state index in [1.165, 1.54) is 0 Å². The third-order valence-corrected chi connectivity index (χ3v) is 4.12. The molecule has 1 aromatic carbocycles. The summed E-state index contributed by atoms with van der Waals surface area (Å²) in [5, 5.41) is 9.80. The van der Waals surface area contributed by atoms with Gasteiger partial charge in [-0.1, -0.05) is 5.16 Å². The lowest BCUT2D eigenvalue weighted by molar-refractivity contribution is 0.0953. The molecule has 24 heavy (non-hydrogen) atoms. The summed E-state index contributed by atoms with van der Waals surface area (Å²) in [5.74, 6) is 1.77. The van der Waals surface area contributed by atoms with Crippen molar-refractivity contribution < 1.29 is 14.1 Å². The Bertz CT molecular complexity index is 631. The van der Waals surface area contributed by atoms with Crippen LogP contribution in [0.5, 0.6) is 0 Å². The summed E-state index contributed by atoms with van der Waals surface area (Å²) in [4.78, 5) is 17.2. The molecule has 2 aromatic rings. The number of nitrogens with zero attached hydrogens (tertiary/aromatic N) is 2. The molecular formula is C16H22N4O3S. The molecule has 0 unspecified atom stereocenters. The topological polar surface area (TPSA) is 89.3 Å². The lowest BCUT2D eigenvalue weighted by Crippen LogP contribution is -2.33. The molecule has 0 radical (unpaired) electrons.